The van der Waals surface area contributed by atoms with Gasteiger partial charge in [-0.15, -0.1) is 0 Å². The summed E-state index contributed by atoms with van der Waals surface area (Å²) in [7, 11) is 0. The molecule has 120 valence electrons. The van der Waals surface area contributed by atoms with Crippen molar-refractivity contribution in [3.63, 3.8) is 0 Å². The van der Waals surface area contributed by atoms with Gasteiger partial charge in [0.1, 0.15) is 0 Å². The van der Waals surface area contributed by atoms with Crippen LogP contribution in [0, 0.1) is 5.92 Å². The van der Waals surface area contributed by atoms with E-state index in [4.69, 9.17) is 4.74 Å². The van der Waals surface area contributed by atoms with E-state index in [0.717, 1.165) is 6.07 Å². The highest BCUT2D eigenvalue weighted by molar-refractivity contribution is 9.10. The Balaban J connectivity index is 2.26. The van der Waals surface area contributed by atoms with Crippen LogP contribution in [0.2, 0.25) is 0 Å². The van der Waals surface area contributed by atoms with Gasteiger partial charge >= 0.3 is 12.1 Å². The number of nitrogens with zero attached hydrogens (tertiary/aromatic N) is 1. The third kappa shape index (κ3) is 3.43. The zero-order valence-electron chi connectivity index (χ0n) is 11.6. The lowest BCUT2D eigenvalue weighted by molar-refractivity contribution is -0.147. The van der Waals surface area contributed by atoms with Gasteiger partial charge in [0, 0.05) is 23.1 Å². The van der Waals surface area contributed by atoms with Crippen LogP contribution < -0.4 is 4.90 Å². The van der Waals surface area contributed by atoms with Crippen molar-refractivity contribution >= 4 is 33.5 Å². The summed E-state index contributed by atoms with van der Waals surface area (Å²) in [6.07, 6.45) is -4.59. The van der Waals surface area contributed by atoms with Gasteiger partial charge in [0.15, 0.2) is 0 Å². The minimum Gasteiger partial charge on any atom is -0.466 e. The molecule has 1 aromatic rings. The second-order valence-corrected chi connectivity index (χ2v) is 5.67. The van der Waals surface area contributed by atoms with E-state index in [0.29, 0.717) is 0 Å². The molecule has 1 fully saturated rings. The van der Waals surface area contributed by atoms with E-state index in [-0.39, 0.29) is 29.7 Å². The van der Waals surface area contributed by atoms with E-state index < -0.39 is 29.5 Å². The number of ether oxygens (including phenoxy) is 1. The summed E-state index contributed by atoms with van der Waals surface area (Å²) in [5, 5.41) is 0. The summed E-state index contributed by atoms with van der Waals surface area (Å²) in [5.41, 5.74) is -0.746. The van der Waals surface area contributed by atoms with Crippen LogP contribution in [-0.4, -0.2) is 25.0 Å². The van der Waals surface area contributed by atoms with E-state index in [2.05, 4.69) is 15.9 Å². The number of carbonyl (C=O) groups is 2. The molecule has 0 aliphatic carbocycles. The van der Waals surface area contributed by atoms with Crippen molar-refractivity contribution in [2.75, 3.05) is 18.1 Å². The Bertz CT molecular complexity index is 603. The van der Waals surface area contributed by atoms with Crippen molar-refractivity contribution in [3.05, 3.63) is 28.2 Å². The molecule has 8 heteroatoms. The molecule has 2 rings (SSSR count). The Morgan fingerprint density at radius 1 is 1.45 bits per heavy atom. The van der Waals surface area contributed by atoms with Crippen LogP contribution in [0.15, 0.2) is 22.7 Å². The van der Waals surface area contributed by atoms with Crippen LogP contribution in [0.1, 0.15) is 18.9 Å². The molecule has 1 atom stereocenters. The number of amides is 1. The first kappa shape index (κ1) is 16.8. The minimum atomic E-state index is -4.53. The standard InChI is InChI=1S/C14H13BrF3NO3/c1-2-22-13(21)8-5-12(20)19(7-8)9-3-4-11(15)10(6-9)14(16,17)18/h3-4,6,8H,2,5,7H2,1H3/t8-/m1/s1. The Labute approximate surface area is 133 Å². The van der Waals surface area contributed by atoms with E-state index in [1.54, 1.807) is 6.92 Å². The van der Waals surface area contributed by atoms with Crippen molar-refractivity contribution in [1.29, 1.82) is 0 Å². The van der Waals surface area contributed by atoms with Crippen molar-refractivity contribution in [3.8, 4) is 0 Å². The highest BCUT2D eigenvalue weighted by atomic mass is 79.9. The SMILES string of the molecule is CCOC(=O)[C@@H]1CC(=O)N(c2ccc(Br)c(C(F)(F)F)c2)C1. The molecule has 0 N–H and O–H groups in total. The number of anilines is 1. The fourth-order valence-electron chi connectivity index (χ4n) is 2.27. The molecule has 1 amide bonds. The van der Waals surface area contributed by atoms with E-state index in [1.807, 2.05) is 0 Å². The predicted molar refractivity (Wildman–Crippen MR) is 76.2 cm³/mol. The largest absolute Gasteiger partial charge is 0.466 e. The number of benzene rings is 1. The molecular formula is C14H13BrF3NO3. The van der Waals surface area contributed by atoms with Crippen LogP contribution in [0.5, 0.6) is 0 Å². The zero-order chi connectivity index (χ0) is 16.5. The number of carbonyl (C=O) groups excluding carboxylic acids is 2. The molecule has 1 aliphatic rings. The number of rotatable bonds is 3. The van der Waals surface area contributed by atoms with Gasteiger partial charge in [-0.2, -0.15) is 13.2 Å². The number of hydrogen-bond acceptors (Lipinski definition) is 3. The molecule has 0 radical (unpaired) electrons. The van der Waals surface area contributed by atoms with Gasteiger partial charge in [-0.3, -0.25) is 9.59 Å². The fourth-order valence-corrected chi connectivity index (χ4v) is 2.74. The summed E-state index contributed by atoms with van der Waals surface area (Å²) < 4.78 is 43.5. The quantitative estimate of drug-likeness (QED) is 0.756. The van der Waals surface area contributed by atoms with Gasteiger partial charge in [0.05, 0.1) is 18.1 Å². The summed E-state index contributed by atoms with van der Waals surface area (Å²) in [6.45, 7) is 1.87. The molecule has 0 spiro atoms. The Morgan fingerprint density at radius 2 is 2.14 bits per heavy atom. The first-order valence-corrected chi connectivity index (χ1v) is 7.37. The van der Waals surface area contributed by atoms with Crippen LogP contribution >= 0.6 is 15.9 Å². The number of esters is 1. The molecule has 1 aromatic carbocycles. The van der Waals surface area contributed by atoms with Gasteiger partial charge in [-0.1, -0.05) is 15.9 Å². The lowest BCUT2D eigenvalue weighted by Crippen LogP contribution is -2.26. The molecule has 1 heterocycles. The normalized spacial score (nSPS) is 18.7. The number of halogens is 4. The third-order valence-corrected chi connectivity index (χ3v) is 4.00. The monoisotopic (exact) mass is 379 g/mol. The third-order valence-electron chi connectivity index (χ3n) is 3.31. The summed E-state index contributed by atoms with van der Waals surface area (Å²) >= 11 is 2.85. The maximum atomic E-state index is 12.9. The van der Waals surface area contributed by atoms with Crippen LogP contribution in [-0.2, 0) is 20.5 Å². The number of alkyl halides is 3. The molecule has 4 nitrogen and oxygen atoms in total. The lowest BCUT2D eigenvalue weighted by Gasteiger charge is -2.19. The van der Waals surface area contributed by atoms with Gasteiger partial charge in [-0.25, -0.2) is 0 Å². The highest BCUT2D eigenvalue weighted by Crippen LogP contribution is 2.38. The molecule has 1 aliphatic heterocycles. The molecule has 0 unspecified atom stereocenters. The molecule has 0 bridgehead atoms. The Morgan fingerprint density at radius 3 is 2.73 bits per heavy atom. The lowest BCUT2D eigenvalue weighted by atomic mass is 10.1. The topological polar surface area (TPSA) is 46.6 Å². The van der Waals surface area contributed by atoms with Crippen molar-refractivity contribution < 1.29 is 27.5 Å². The van der Waals surface area contributed by atoms with E-state index in [9.17, 15) is 22.8 Å². The van der Waals surface area contributed by atoms with E-state index >= 15 is 0 Å². The fraction of sp³-hybridized carbons (Fsp3) is 0.429. The van der Waals surface area contributed by atoms with Gasteiger partial charge in [0.25, 0.3) is 0 Å². The van der Waals surface area contributed by atoms with Gasteiger partial charge in [0.2, 0.25) is 5.91 Å². The van der Waals surface area contributed by atoms with Crippen LogP contribution in [0.25, 0.3) is 0 Å². The number of hydrogen-bond donors (Lipinski definition) is 0. The highest BCUT2D eigenvalue weighted by Gasteiger charge is 2.38. The minimum absolute atomic E-state index is 0.0244. The summed E-state index contributed by atoms with van der Waals surface area (Å²) in [5.74, 6) is -1.55. The van der Waals surface area contributed by atoms with E-state index in [1.165, 1.54) is 17.0 Å². The smallest absolute Gasteiger partial charge is 0.417 e. The van der Waals surface area contributed by atoms with Crippen molar-refractivity contribution in [2.45, 2.75) is 19.5 Å². The predicted octanol–water partition coefficient (Wildman–Crippen LogP) is 3.38. The van der Waals surface area contributed by atoms with Crippen LogP contribution in [0.3, 0.4) is 0 Å². The Kier molecular flexibility index (Phi) is 4.79. The first-order valence-electron chi connectivity index (χ1n) is 6.57. The summed E-state index contributed by atoms with van der Waals surface area (Å²) in [4.78, 5) is 24.8. The molecule has 1 saturated heterocycles. The molecular weight excluding hydrogens is 367 g/mol. The second-order valence-electron chi connectivity index (χ2n) is 4.82. The van der Waals surface area contributed by atoms with Crippen LogP contribution in [0.4, 0.5) is 18.9 Å². The molecule has 0 saturated carbocycles. The average Bonchev–Trinajstić information content (AvgIpc) is 2.80. The van der Waals surface area contributed by atoms with Crippen molar-refractivity contribution in [2.24, 2.45) is 5.92 Å². The van der Waals surface area contributed by atoms with Gasteiger partial charge < -0.3 is 9.64 Å². The zero-order valence-corrected chi connectivity index (χ0v) is 13.2. The summed E-state index contributed by atoms with van der Waals surface area (Å²) in [6, 6.07) is 3.55. The first-order chi connectivity index (χ1) is 10.2. The maximum absolute atomic E-state index is 12.9. The maximum Gasteiger partial charge on any atom is 0.417 e. The average molecular weight is 380 g/mol. The van der Waals surface area contributed by atoms with Crippen molar-refractivity contribution in [1.82, 2.24) is 0 Å². The Hall–Kier alpha value is -1.57. The molecule has 22 heavy (non-hydrogen) atoms. The molecule has 0 aromatic heterocycles. The second kappa shape index (κ2) is 6.28. The van der Waals surface area contributed by atoms with Gasteiger partial charge in [-0.05, 0) is 25.1 Å².